The van der Waals surface area contributed by atoms with Crippen molar-refractivity contribution in [1.29, 1.82) is 0 Å². The molecule has 3 heteroatoms. The van der Waals surface area contributed by atoms with Crippen LogP contribution < -0.4 is 4.74 Å². The molecule has 4 aromatic carbocycles. The predicted octanol–water partition coefficient (Wildman–Crippen LogP) is 6.89. The Labute approximate surface area is 187 Å². The number of rotatable bonds is 7. The van der Waals surface area contributed by atoms with Crippen molar-refractivity contribution in [3.63, 3.8) is 0 Å². The van der Waals surface area contributed by atoms with Crippen LogP contribution in [0.5, 0.6) is 11.5 Å². The van der Waals surface area contributed by atoms with Gasteiger partial charge < -0.3 is 14.1 Å². The van der Waals surface area contributed by atoms with Gasteiger partial charge in [-0.1, -0.05) is 66.7 Å². The van der Waals surface area contributed by atoms with Gasteiger partial charge in [-0.15, -0.1) is 0 Å². The van der Waals surface area contributed by atoms with Crippen LogP contribution >= 0.6 is 0 Å². The molecular formula is C29H23NO2. The van der Waals surface area contributed by atoms with Crippen LogP contribution in [0.2, 0.25) is 0 Å². The first-order chi connectivity index (χ1) is 15.8. The summed E-state index contributed by atoms with van der Waals surface area (Å²) in [6.45, 7) is 0.779. The monoisotopic (exact) mass is 417 g/mol. The minimum Gasteiger partial charge on any atom is -0.457 e. The molecule has 3 nitrogen and oxygen atoms in total. The average molecular weight is 418 g/mol. The Balaban J connectivity index is 1.46. The maximum atomic E-state index is 11.3. The molecule has 0 aliphatic rings. The number of nitrogens with zero attached hydrogens (tertiary/aromatic N) is 1. The van der Waals surface area contributed by atoms with Crippen molar-refractivity contribution in [3.05, 3.63) is 120 Å². The van der Waals surface area contributed by atoms with Crippen molar-refractivity contribution in [2.75, 3.05) is 0 Å². The molecule has 32 heavy (non-hydrogen) atoms. The Morgan fingerprint density at radius 3 is 2.09 bits per heavy atom. The summed E-state index contributed by atoms with van der Waals surface area (Å²) in [6, 6.07) is 34.7. The smallest absolute Gasteiger partial charge is 0.127 e. The first kappa shape index (κ1) is 19.8. The summed E-state index contributed by atoms with van der Waals surface area (Å²) in [6.07, 6.45) is 3.49. The number of hydrogen-bond acceptors (Lipinski definition) is 2. The number of aldehydes is 1. The van der Waals surface area contributed by atoms with Gasteiger partial charge in [-0.25, -0.2) is 0 Å². The topological polar surface area (TPSA) is 31.2 Å². The fraction of sp³-hybridized carbons (Fsp3) is 0.0690. The van der Waals surface area contributed by atoms with E-state index in [-0.39, 0.29) is 0 Å². The van der Waals surface area contributed by atoms with Gasteiger partial charge in [-0.3, -0.25) is 0 Å². The second-order valence-electron chi connectivity index (χ2n) is 7.81. The normalized spacial score (nSPS) is 10.9. The molecule has 0 fully saturated rings. The lowest BCUT2D eigenvalue weighted by Crippen LogP contribution is -1.97. The number of benzene rings is 4. The number of carbonyl (C=O) groups is 1. The first-order valence-corrected chi connectivity index (χ1v) is 10.7. The largest absolute Gasteiger partial charge is 0.457 e. The van der Waals surface area contributed by atoms with Gasteiger partial charge in [0.05, 0.1) is 0 Å². The molecule has 1 heterocycles. The van der Waals surface area contributed by atoms with E-state index >= 15 is 0 Å². The molecule has 0 aliphatic carbocycles. The summed E-state index contributed by atoms with van der Waals surface area (Å²) in [7, 11) is 0. The minimum absolute atomic E-state index is 0.408. The molecule has 0 saturated heterocycles. The molecule has 5 rings (SSSR count). The van der Waals surface area contributed by atoms with Crippen LogP contribution in [0.1, 0.15) is 11.1 Å². The predicted molar refractivity (Wildman–Crippen MR) is 129 cm³/mol. The summed E-state index contributed by atoms with van der Waals surface area (Å²) in [5.41, 5.74) is 5.66. The van der Waals surface area contributed by atoms with Crippen LogP contribution in [0, 0.1) is 0 Å². The van der Waals surface area contributed by atoms with Gasteiger partial charge >= 0.3 is 0 Å². The van der Waals surface area contributed by atoms with Crippen LogP contribution in [0.15, 0.2) is 109 Å². The third-order valence-electron chi connectivity index (χ3n) is 5.63. The molecule has 0 atom stereocenters. The molecule has 1 aromatic heterocycles. The SMILES string of the molecule is O=CCc1cn(Cc2ccccc2)c2ccc(-c3ccc(Oc4ccccc4)cc3)cc12. The Morgan fingerprint density at radius 1 is 0.719 bits per heavy atom. The summed E-state index contributed by atoms with van der Waals surface area (Å²) in [5, 5.41) is 1.12. The third-order valence-corrected chi connectivity index (χ3v) is 5.63. The van der Waals surface area contributed by atoms with Crippen LogP contribution in [0.3, 0.4) is 0 Å². The number of carbonyl (C=O) groups excluding carboxylic acids is 1. The molecular weight excluding hydrogens is 394 g/mol. The number of para-hydroxylation sites is 1. The zero-order chi connectivity index (χ0) is 21.8. The summed E-state index contributed by atoms with van der Waals surface area (Å²) >= 11 is 0. The fourth-order valence-electron chi connectivity index (χ4n) is 4.05. The van der Waals surface area contributed by atoms with E-state index in [4.69, 9.17) is 4.74 Å². The number of aromatic nitrogens is 1. The van der Waals surface area contributed by atoms with E-state index in [1.807, 2.05) is 48.5 Å². The molecule has 0 aliphatic heterocycles. The maximum Gasteiger partial charge on any atom is 0.127 e. The molecule has 0 N–H and O–H groups in total. The highest BCUT2D eigenvalue weighted by atomic mass is 16.5. The van der Waals surface area contributed by atoms with Crippen molar-refractivity contribution in [2.24, 2.45) is 0 Å². The average Bonchev–Trinajstić information content (AvgIpc) is 3.17. The zero-order valence-corrected chi connectivity index (χ0v) is 17.6. The van der Waals surface area contributed by atoms with Crippen LogP contribution in [0.4, 0.5) is 0 Å². The Morgan fingerprint density at radius 2 is 1.38 bits per heavy atom. The standard InChI is InChI=1S/C29H23NO2/c31-18-17-25-21-30(20-22-7-3-1-4-8-22)29-16-13-24(19-28(25)29)23-11-14-27(15-12-23)32-26-9-5-2-6-10-26/h1-16,18-19,21H,17,20H2. The molecule has 0 bridgehead atoms. The fourth-order valence-corrected chi connectivity index (χ4v) is 4.05. The number of fused-ring (bicyclic) bond motifs is 1. The lowest BCUT2D eigenvalue weighted by atomic mass is 10.0. The van der Waals surface area contributed by atoms with E-state index in [0.717, 1.165) is 51.9 Å². The molecule has 0 unspecified atom stereocenters. The maximum absolute atomic E-state index is 11.3. The van der Waals surface area contributed by atoms with Crippen LogP contribution in [0.25, 0.3) is 22.0 Å². The van der Waals surface area contributed by atoms with Gasteiger partial charge in [0, 0.05) is 30.1 Å². The molecule has 0 radical (unpaired) electrons. The quantitative estimate of drug-likeness (QED) is 0.270. The van der Waals surface area contributed by atoms with Crippen molar-refractivity contribution >= 4 is 17.2 Å². The lowest BCUT2D eigenvalue weighted by molar-refractivity contribution is -0.107. The molecule has 0 saturated carbocycles. The molecule has 5 aromatic rings. The highest BCUT2D eigenvalue weighted by Crippen LogP contribution is 2.30. The zero-order valence-electron chi connectivity index (χ0n) is 17.6. The number of hydrogen-bond donors (Lipinski definition) is 0. The van der Waals surface area contributed by atoms with Gasteiger partial charge in [0.25, 0.3) is 0 Å². The minimum atomic E-state index is 0.408. The highest BCUT2D eigenvalue weighted by Gasteiger charge is 2.11. The highest BCUT2D eigenvalue weighted by molar-refractivity contribution is 5.90. The van der Waals surface area contributed by atoms with E-state index in [1.54, 1.807) is 0 Å². The van der Waals surface area contributed by atoms with Crippen LogP contribution in [-0.2, 0) is 17.8 Å². The second-order valence-corrected chi connectivity index (χ2v) is 7.81. The van der Waals surface area contributed by atoms with E-state index in [9.17, 15) is 4.79 Å². The van der Waals surface area contributed by atoms with Gasteiger partial charge in [0.15, 0.2) is 0 Å². The Hall–Kier alpha value is -4.11. The first-order valence-electron chi connectivity index (χ1n) is 10.7. The van der Waals surface area contributed by atoms with Gasteiger partial charge in [0.1, 0.15) is 17.8 Å². The van der Waals surface area contributed by atoms with Crippen molar-refractivity contribution < 1.29 is 9.53 Å². The van der Waals surface area contributed by atoms with E-state index in [0.29, 0.717) is 6.42 Å². The van der Waals surface area contributed by atoms with Crippen molar-refractivity contribution in [1.82, 2.24) is 4.57 Å². The van der Waals surface area contributed by atoms with Crippen molar-refractivity contribution in [2.45, 2.75) is 13.0 Å². The summed E-state index contributed by atoms with van der Waals surface area (Å²) in [5.74, 6) is 1.62. The molecule has 0 spiro atoms. The second kappa shape index (κ2) is 8.94. The molecule has 0 amide bonds. The van der Waals surface area contributed by atoms with Crippen molar-refractivity contribution in [3.8, 4) is 22.6 Å². The number of ether oxygens (including phenoxy) is 1. The van der Waals surface area contributed by atoms with E-state index in [2.05, 4.69) is 65.4 Å². The lowest BCUT2D eigenvalue weighted by Gasteiger charge is -2.08. The van der Waals surface area contributed by atoms with Gasteiger partial charge in [-0.2, -0.15) is 0 Å². The Kier molecular flexibility index (Phi) is 5.54. The Bertz CT molecular complexity index is 1340. The van der Waals surface area contributed by atoms with Gasteiger partial charge in [-0.05, 0) is 58.7 Å². The van der Waals surface area contributed by atoms with E-state index < -0.39 is 0 Å². The molecule has 156 valence electrons. The van der Waals surface area contributed by atoms with Gasteiger partial charge in [0.2, 0.25) is 0 Å². The third kappa shape index (κ3) is 4.19. The van der Waals surface area contributed by atoms with Crippen LogP contribution in [-0.4, -0.2) is 10.9 Å². The summed E-state index contributed by atoms with van der Waals surface area (Å²) < 4.78 is 8.13. The van der Waals surface area contributed by atoms with E-state index in [1.165, 1.54) is 5.56 Å². The summed E-state index contributed by atoms with van der Waals surface area (Å²) in [4.78, 5) is 11.3.